The molecule has 1 saturated carbocycles. The topological polar surface area (TPSA) is 63.8 Å². The minimum atomic E-state index is 0.502. The van der Waals surface area contributed by atoms with Gasteiger partial charge in [0.15, 0.2) is 0 Å². The normalized spacial score (nSPS) is 14.3. The van der Waals surface area contributed by atoms with Crippen molar-refractivity contribution in [3.8, 4) is 0 Å². The fraction of sp³-hybridized carbons (Fsp3) is 0.333. The molecule has 20 heavy (non-hydrogen) atoms. The number of rotatable bonds is 4. The molecule has 0 spiro atoms. The van der Waals surface area contributed by atoms with E-state index >= 15 is 0 Å². The molecule has 1 aliphatic rings. The Morgan fingerprint density at radius 3 is 2.75 bits per heavy atom. The summed E-state index contributed by atoms with van der Waals surface area (Å²) in [4.78, 5) is 9.01. The Labute approximate surface area is 127 Å². The highest BCUT2D eigenvalue weighted by atomic mass is 79.9. The average molecular weight is 333 g/mol. The van der Waals surface area contributed by atoms with E-state index < -0.39 is 0 Å². The number of aromatic nitrogens is 2. The molecule has 0 amide bonds. The fourth-order valence-electron chi connectivity index (χ4n) is 2.07. The second-order valence-electron chi connectivity index (χ2n) is 5.16. The van der Waals surface area contributed by atoms with Gasteiger partial charge in [-0.3, -0.25) is 0 Å². The van der Waals surface area contributed by atoms with E-state index in [1.54, 1.807) is 0 Å². The van der Waals surface area contributed by atoms with Crippen LogP contribution in [0, 0.1) is 6.92 Å². The first kappa shape index (κ1) is 13.4. The van der Waals surface area contributed by atoms with Gasteiger partial charge in [-0.2, -0.15) is 0 Å². The number of benzene rings is 1. The number of hydrogen-bond donors (Lipinski definition) is 2. The largest absolute Gasteiger partial charge is 0.383 e. The summed E-state index contributed by atoms with van der Waals surface area (Å²) in [5.74, 6) is 2.80. The second kappa shape index (κ2) is 5.40. The van der Waals surface area contributed by atoms with Crippen LogP contribution in [0.5, 0.6) is 0 Å². The van der Waals surface area contributed by atoms with Crippen LogP contribution in [0.3, 0.4) is 0 Å². The maximum Gasteiger partial charge on any atom is 0.136 e. The lowest BCUT2D eigenvalue weighted by Crippen LogP contribution is -2.09. The van der Waals surface area contributed by atoms with E-state index in [2.05, 4.69) is 37.3 Å². The maximum atomic E-state index is 5.99. The summed E-state index contributed by atoms with van der Waals surface area (Å²) in [6.45, 7) is 2.66. The van der Waals surface area contributed by atoms with Crippen molar-refractivity contribution in [1.29, 1.82) is 0 Å². The highest BCUT2D eigenvalue weighted by molar-refractivity contribution is 9.10. The van der Waals surface area contributed by atoms with E-state index in [0.29, 0.717) is 18.3 Å². The lowest BCUT2D eigenvalue weighted by atomic mass is 10.2. The predicted octanol–water partition coefficient (Wildman–Crippen LogP) is 3.62. The van der Waals surface area contributed by atoms with Gasteiger partial charge in [-0.25, -0.2) is 9.97 Å². The molecule has 0 unspecified atom stereocenters. The number of nitrogens with zero attached hydrogens (tertiary/aromatic N) is 2. The van der Waals surface area contributed by atoms with Crippen LogP contribution in [-0.4, -0.2) is 9.97 Å². The van der Waals surface area contributed by atoms with Gasteiger partial charge in [-0.15, -0.1) is 0 Å². The summed E-state index contributed by atoms with van der Waals surface area (Å²) >= 11 is 3.55. The SMILES string of the molecule is Cc1c(N)nc(C2CC2)nc1NCc1ccccc1Br. The first-order chi connectivity index (χ1) is 9.65. The standard InChI is InChI=1S/C15H17BrN4/c1-9-13(17)19-15(10-6-7-10)20-14(9)18-8-11-4-2-3-5-12(11)16/h2-5,10H,6-8H2,1H3,(H3,17,18,19,20). The van der Waals surface area contributed by atoms with Crippen molar-refractivity contribution in [2.24, 2.45) is 0 Å². The van der Waals surface area contributed by atoms with E-state index in [0.717, 1.165) is 21.7 Å². The molecule has 0 saturated heterocycles. The van der Waals surface area contributed by atoms with Gasteiger partial charge in [-0.05, 0) is 31.4 Å². The van der Waals surface area contributed by atoms with Crippen LogP contribution in [0.1, 0.15) is 35.7 Å². The van der Waals surface area contributed by atoms with Crippen molar-refractivity contribution >= 4 is 27.6 Å². The van der Waals surface area contributed by atoms with Crippen molar-refractivity contribution in [2.75, 3.05) is 11.1 Å². The summed E-state index contributed by atoms with van der Waals surface area (Å²) in [6, 6.07) is 8.15. The molecule has 5 heteroatoms. The molecule has 1 aliphatic carbocycles. The number of hydrogen-bond acceptors (Lipinski definition) is 4. The van der Waals surface area contributed by atoms with Gasteiger partial charge in [0.2, 0.25) is 0 Å². The summed E-state index contributed by atoms with van der Waals surface area (Å²) in [6.07, 6.45) is 2.35. The minimum Gasteiger partial charge on any atom is -0.383 e. The fourth-order valence-corrected chi connectivity index (χ4v) is 2.49. The third-order valence-electron chi connectivity index (χ3n) is 3.55. The minimum absolute atomic E-state index is 0.502. The highest BCUT2D eigenvalue weighted by Crippen LogP contribution is 2.39. The second-order valence-corrected chi connectivity index (χ2v) is 6.01. The van der Waals surface area contributed by atoms with Crippen molar-refractivity contribution in [3.05, 3.63) is 45.7 Å². The Kier molecular flexibility index (Phi) is 3.61. The third kappa shape index (κ3) is 2.77. The molecule has 4 nitrogen and oxygen atoms in total. The molecule has 0 radical (unpaired) electrons. The van der Waals surface area contributed by atoms with Gasteiger partial charge in [0.05, 0.1) is 0 Å². The predicted molar refractivity (Wildman–Crippen MR) is 84.6 cm³/mol. The smallest absolute Gasteiger partial charge is 0.136 e. The first-order valence-electron chi connectivity index (χ1n) is 6.76. The number of nitrogens with two attached hydrogens (primary N) is 1. The lowest BCUT2D eigenvalue weighted by Gasteiger charge is -2.12. The Morgan fingerprint density at radius 1 is 1.30 bits per heavy atom. The molecule has 3 N–H and O–H groups in total. The molecule has 3 rings (SSSR count). The van der Waals surface area contributed by atoms with Crippen molar-refractivity contribution < 1.29 is 0 Å². The van der Waals surface area contributed by atoms with E-state index in [4.69, 9.17) is 5.73 Å². The van der Waals surface area contributed by atoms with Gasteiger partial charge in [0.1, 0.15) is 17.5 Å². The monoisotopic (exact) mass is 332 g/mol. The van der Waals surface area contributed by atoms with Crippen LogP contribution < -0.4 is 11.1 Å². The molecule has 0 atom stereocenters. The Bertz CT molecular complexity index is 638. The molecule has 1 aromatic carbocycles. The molecule has 1 fully saturated rings. The Balaban J connectivity index is 1.81. The van der Waals surface area contributed by atoms with Gasteiger partial charge in [-0.1, -0.05) is 34.1 Å². The van der Waals surface area contributed by atoms with Gasteiger partial charge >= 0.3 is 0 Å². The van der Waals surface area contributed by atoms with Gasteiger partial charge in [0.25, 0.3) is 0 Å². The van der Waals surface area contributed by atoms with Crippen LogP contribution in [0.15, 0.2) is 28.7 Å². The van der Waals surface area contributed by atoms with E-state index in [9.17, 15) is 0 Å². The quantitative estimate of drug-likeness (QED) is 0.897. The zero-order valence-electron chi connectivity index (χ0n) is 11.4. The third-order valence-corrected chi connectivity index (χ3v) is 4.32. The van der Waals surface area contributed by atoms with Crippen molar-refractivity contribution in [2.45, 2.75) is 32.2 Å². The van der Waals surface area contributed by atoms with Gasteiger partial charge in [0, 0.05) is 22.5 Å². The summed E-state index contributed by atoms with van der Waals surface area (Å²) < 4.78 is 1.09. The first-order valence-corrected chi connectivity index (χ1v) is 7.55. The van der Waals surface area contributed by atoms with Crippen LogP contribution in [0.4, 0.5) is 11.6 Å². The molecule has 0 bridgehead atoms. The highest BCUT2D eigenvalue weighted by Gasteiger charge is 2.27. The molecule has 2 aromatic rings. The van der Waals surface area contributed by atoms with Crippen molar-refractivity contribution in [1.82, 2.24) is 9.97 Å². The van der Waals surface area contributed by atoms with E-state index in [1.807, 2.05) is 25.1 Å². The van der Waals surface area contributed by atoms with Crippen LogP contribution >= 0.6 is 15.9 Å². The van der Waals surface area contributed by atoms with Crippen molar-refractivity contribution in [3.63, 3.8) is 0 Å². The number of anilines is 2. The summed E-state index contributed by atoms with van der Waals surface area (Å²) in [5, 5.41) is 3.37. The molecular weight excluding hydrogens is 316 g/mol. The number of nitrogen functional groups attached to an aromatic ring is 1. The molecule has 1 aromatic heterocycles. The Morgan fingerprint density at radius 2 is 2.05 bits per heavy atom. The van der Waals surface area contributed by atoms with Crippen LogP contribution in [-0.2, 0) is 6.54 Å². The lowest BCUT2D eigenvalue weighted by molar-refractivity contribution is 0.917. The zero-order chi connectivity index (χ0) is 14.1. The van der Waals surface area contributed by atoms with E-state index in [1.165, 1.54) is 18.4 Å². The number of nitrogens with one attached hydrogen (secondary N) is 1. The molecule has 0 aliphatic heterocycles. The summed E-state index contributed by atoms with van der Waals surface area (Å²) in [5.41, 5.74) is 8.10. The number of halogens is 1. The average Bonchev–Trinajstić information content (AvgIpc) is 3.26. The molecule has 104 valence electrons. The molecular formula is C15H17BrN4. The Hall–Kier alpha value is -1.62. The van der Waals surface area contributed by atoms with Gasteiger partial charge < -0.3 is 11.1 Å². The molecule has 1 heterocycles. The summed E-state index contributed by atoms with van der Waals surface area (Å²) in [7, 11) is 0. The zero-order valence-corrected chi connectivity index (χ0v) is 12.9. The van der Waals surface area contributed by atoms with Crippen LogP contribution in [0.25, 0.3) is 0 Å². The maximum absolute atomic E-state index is 5.99. The van der Waals surface area contributed by atoms with Crippen LogP contribution in [0.2, 0.25) is 0 Å². The van der Waals surface area contributed by atoms with E-state index in [-0.39, 0.29) is 0 Å².